The van der Waals surface area contributed by atoms with Crippen LogP contribution in [0, 0.1) is 5.82 Å². The van der Waals surface area contributed by atoms with E-state index in [9.17, 15) is 14.3 Å². The zero-order valence-corrected chi connectivity index (χ0v) is 17.2. The van der Waals surface area contributed by atoms with Crippen molar-refractivity contribution in [2.24, 2.45) is 0 Å². The summed E-state index contributed by atoms with van der Waals surface area (Å²) in [5.74, 6) is -0.915. The van der Waals surface area contributed by atoms with E-state index >= 15 is 0 Å². The number of aryl methyl sites for hydroxylation is 2. The van der Waals surface area contributed by atoms with E-state index in [2.05, 4.69) is 20.6 Å². The number of carbonyl (C=O) groups is 1. The van der Waals surface area contributed by atoms with Crippen LogP contribution in [0.5, 0.6) is 0 Å². The van der Waals surface area contributed by atoms with Crippen LogP contribution in [0.3, 0.4) is 0 Å². The Hall–Kier alpha value is -3.91. The molecule has 4 aromatic rings. The Kier molecular flexibility index (Phi) is 6.62. The van der Waals surface area contributed by atoms with Crippen LogP contribution >= 0.6 is 0 Å². The normalized spacial score (nSPS) is 11.8. The van der Waals surface area contributed by atoms with E-state index in [0.717, 1.165) is 24.1 Å². The molecule has 2 heterocycles. The molecule has 0 fully saturated rings. The van der Waals surface area contributed by atoms with Gasteiger partial charge < -0.3 is 10.4 Å². The average Bonchev–Trinajstić information content (AvgIpc) is 3.28. The number of rotatable bonds is 8. The number of aliphatic hydroxyl groups excluding tert-OH is 1. The predicted octanol–water partition coefficient (Wildman–Crippen LogP) is 3.58. The van der Waals surface area contributed by atoms with Crippen molar-refractivity contribution >= 4 is 11.6 Å². The number of nitrogens with one attached hydrogen (secondary N) is 1. The lowest BCUT2D eigenvalue weighted by molar-refractivity contribution is 0.102. The molecule has 2 aromatic heterocycles. The Labute approximate surface area is 184 Å². The van der Waals surface area contributed by atoms with Gasteiger partial charge in [-0.15, -0.1) is 5.10 Å². The molecule has 0 aliphatic carbocycles. The Morgan fingerprint density at radius 3 is 2.62 bits per heavy atom. The van der Waals surface area contributed by atoms with E-state index in [-0.39, 0.29) is 17.8 Å². The number of pyridine rings is 1. The highest BCUT2D eigenvalue weighted by Crippen LogP contribution is 2.20. The number of carbonyl (C=O) groups excluding carboxylic acids is 1. The monoisotopic (exact) mass is 431 g/mol. The molecule has 162 valence electrons. The first-order chi connectivity index (χ1) is 15.6. The molecule has 0 bridgehead atoms. The Bertz CT molecular complexity index is 1200. The lowest BCUT2D eigenvalue weighted by Crippen LogP contribution is -2.14. The van der Waals surface area contributed by atoms with E-state index in [0.29, 0.717) is 5.69 Å². The number of hydrogen-bond donors (Lipinski definition) is 2. The third kappa shape index (κ3) is 5.22. The number of hydrogen-bond acceptors (Lipinski definition) is 5. The van der Waals surface area contributed by atoms with Gasteiger partial charge in [0.25, 0.3) is 5.91 Å². The highest BCUT2D eigenvalue weighted by atomic mass is 19.1. The van der Waals surface area contributed by atoms with E-state index in [1.54, 1.807) is 18.3 Å². The van der Waals surface area contributed by atoms with Gasteiger partial charge in [-0.05, 0) is 42.7 Å². The Balaban J connectivity index is 1.41. The Morgan fingerprint density at radius 1 is 1.03 bits per heavy atom. The van der Waals surface area contributed by atoms with Crippen molar-refractivity contribution in [3.05, 3.63) is 107 Å². The molecule has 2 N–H and O–H groups in total. The molecule has 0 aliphatic rings. The topological polar surface area (TPSA) is 92.9 Å². The summed E-state index contributed by atoms with van der Waals surface area (Å²) in [6.07, 6.45) is 3.54. The zero-order chi connectivity index (χ0) is 22.3. The summed E-state index contributed by atoms with van der Waals surface area (Å²) >= 11 is 0. The van der Waals surface area contributed by atoms with Crippen molar-refractivity contribution in [1.29, 1.82) is 0 Å². The molecule has 0 saturated heterocycles. The quantitative estimate of drug-likeness (QED) is 0.445. The van der Waals surface area contributed by atoms with Gasteiger partial charge in [0.2, 0.25) is 0 Å². The van der Waals surface area contributed by atoms with Crippen molar-refractivity contribution in [2.75, 3.05) is 5.32 Å². The zero-order valence-electron chi connectivity index (χ0n) is 17.2. The smallest absolute Gasteiger partial charge is 0.277 e. The highest BCUT2D eigenvalue weighted by Gasteiger charge is 2.17. The van der Waals surface area contributed by atoms with Gasteiger partial charge in [-0.1, -0.05) is 47.7 Å². The van der Waals surface area contributed by atoms with E-state index in [4.69, 9.17) is 0 Å². The standard InChI is InChI=1S/C24H22FN5O2/c25-20-10-3-2-9-19(20)23(31)16-30-15-22(28-29-30)24(32)27-21-11-4-1-7-17(21)12-13-18-8-5-6-14-26-18/h1-11,14-15,23,31H,12-13,16H2,(H,27,32)/t23-/m1/s1. The fourth-order valence-corrected chi connectivity index (χ4v) is 3.37. The first kappa shape index (κ1) is 21.3. The molecule has 1 atom stereocenters. The SMILES string of the molecule is O=C(Nc1ccccc1CCc1ccccn1)c1cn(C[C@@H](O)c2ccccc2F)nn1. The van der Waals surface area contributed by atoms with Crippen LogP contribution in [0.25, 0.3) is 0 Å². The first-order valence-corrected chi connectivity index (χ1v) is 10.2. The molecular weight excluding hydrogens is 409 g/mol. The van der Waals surface area contributed by atoms with Crippen molar-refractivity contribution in [1.82, 2.24) is 20.0 Å². The fraction of sp³-hybridized carbons (Fsp3) is 0.167. The van der Waals surface area contributed by atoms with E-state index in [1.165, 1.54) is 23.0 Å². The second kappa shape index (κ2) is 9.93. The number of amides is 1. The lowest BCUT2D eigenvalue weighted by atomic mass is 10.1. The maximum Gasteiger partial charge on any atom is 0.277 e. The van der Waals surface area contributed by atoms with Crippen LogP contribution in [0.15, 0.2) is 79.1 Å². The van der Waals surface area contributed by atoms with Crippen molar-refractivity contribution in [3.63, 3.8) is 0 Å². The molecule has 0 aliphatic heterocycles. The van der Waals surface area contributed by atoms with Gasteiger partial charge in [-0.2, -0.15) is 0 Å². The van der Waals surface area contributed by atoms with Crippen LogP contribution in [-0.2, 0) is 19.4 Å². The van der Waals surface area contributed by atoms with Gasteiger partial charge in [-0.3, -0.25) is 9.78 Å². The third-order valence-electron chi connectivity index (χ3n) is 5.04. The first-order valence-electron chi connectivity index (χ1n) is 10.2. The highest BCUT2D eigenvalue weighted by molar-refractivity contribution is 6.03. The lowest BCUT2D eigenvalue weighted by Gasteiger charge is -2.11. The van der Waals surface area contributed by atoms with Gasteiger partial charge in [0.1, 0.15) is 11.9 Å². The molecule has 8 heteroatoms. The number of aliphatic hydroxyl groups is 1. The summed E-state index contributed by atoms with van der Waals surface area (Å²) in [6, 6.07) is 19.3. The average molecular weight is 431 g/mol. The largest absolute Gasteiger partial charge is 0.386 e. The van der Waals surface area contributed by atoms with Crippen LogP contribution in [0.1, 0.15) is 33.4 Å². The van der Waals surface area contributed by atoms with Gasteiger partial charge in [0.15, 0.2) is 5.69 Å². The summed E-state index contributed by atoms with van der Waals surface area (Å²) in [5, 5.41) is 20.9. The second-order valence-corrected chi connectivity index (χ2v) is 7.30. The van der Waals surface area contributed by atoms with Crippen LogP contribution in [-0.4, -0.2) is 31.0 Å². The van der Waals surface area contributed by atoms with Crippen molar-refractivity contribution in [2.45, 2.75) is 25.5 Å². The number of aromatic nitrogens is 4. The molecule has 4 rings (SSSR count). The van der Waals surface area contributed by atoms with Gasteiger partial charge in [0, 0.05) is 23.1 Å². The van der Waals surface area contributed by atoms with Crippen molar-refractivity contribution in [3.8, 4) is 0 Å². The molecule has 0 spiro atoms. The van der Waals surface area contributed by atoms with Gasteiger partial charge in [0.05, 0.1) is 12.7 Å². The third-order valence-corrected chi connectivity index (χ3v) is 5.04. The number of benzene rings is 2. The minimum atomic E-state index is -1.11. The van der Waals surface area contributed by atoms with E-state index < -0.39 is 17.8 Å². The molecule has 0 radical (unpaired) electrons. The Morgan fingerprint density at radius 2 is 1.81 bits per heavy atom. The molecule has 0 saturated carbocycles. The number of anilines is 1. The molecular formula is C24H22FN5O2. The summed E-state index contributed by atoms with van der Waals surface area (Å²) in [5.41, 5.74) is 2.91. The maximum atomic E-state index is 13.9. The van der Waals surface area contributed by atoms with E-state index in [1.807, 2.05) is 42.5 Å². The van der Waals surface area contributed by atoms with Gasteiger partial charge in [-0.25, -0.2) is 9.07 Å². The van der Waals surface area contributed by atoms with Crippen LogP contribution in [0.4, 0.5) is 10.1 Å². The number of para-hydroxylation sites is 1. The summed E-state index contributed by atoms with van der Waals surface area (Å²) in [6.45, 7) is -0.0259. The minimum Gasteiger partial charge on any atom is -0.386 e. The molecule has 2 aromatic carbocycles. The number of nitrogens with zero attached hydrogens (tertiary/aromatic N) is 4. The fourth-order valence-electron chi connectivity index (χ4n) is 3.37. The maximum absolute atomic E-state index is 13.9. The molecule has 7 nitrogen and oxygen atoms in total. The summed E-state index contributed by atoms with van der Waals surface area (Å²) in [7, 11) is 0. The van der Waals surface area contributed by atoms with Crippen molar-refractivity contribution < 1.29 is 14.3 Å². The predicted molar refractivity (Wildman–Crippen MR) is 117 cm³/mol. The molecule has 0 unspecified atom stereocenters. The van der Waals surface area contributed by atoms with Crippen LogP contribution < -0.4 is 5.32 Å². The number of halogens is 1. The molecule has 1 amide bonds. The summed E-state index contributed by atoms with van der Waals surface area (Å²) in [4.78, 5) is 17.0. The minimum absolute atomic E-state index is 0.0259. The van der Waals surface area contributed by atoms with Crippen LogP contribution in [0.2, 0.25) is 0 Å². The van der Waals surface area contributed by atoms with Gasteiger partial charge >= 0.3 is 0 Å². The summed E-state index contributed by atoms with van der Waals surface area (Å²) < 4.78 is 15.2. The molecule has 32 heavy (non-hydrogen) atoms. The second-order valence-electron chi connectivity index (χ2n) is 7.30.